The molecule has 0 aliphatic heterocycles. The van der Waals surface area contributed by atoms with Gasteiger partial charge in [-0.05, 0) is 22.8 Å². The SMILES string of the molecule is CC(C)(c1ccccc1)C(C#N)CCCI. The highest BCUT2D eigenvalue weighted by Crippen LogP contribution is 2.34. The second-order valence-electron chi connectivity index (χ2n) is 4.60. The molecule has 0 amide bonds. The van der Waals surface area contributed by atoms with Gasteiger partial charge in [-0.3, -0.25) is 0 Å². The predicted octanol–water partition coefficient (Wildman–Crippen LogP) is 4.32. The van der Waals surface area contributed by atoms with Gasteiger partial charge in [0.25, 0.3) is 0 Å². The lowest BCUT2D eigenvalue weighted by Gasteiger charge is -2.30. The van der Waals surface area contributed by atoms with Gasteiger partial charge < -0.3 is 0 Å². The minimum Gasteiger partial charge on any atom is -0.198 e. The number of hydrogen-bond donors (Lipinski definition) is 0. The Bertz CT molecular complexity index is 351. The van der Waals surface area contributed by atoms with Crippen LogP contribution in [0.25, 0.3) is 0 Å². The summed E-state index contributed by atoms with van der Waals surface area (Å²) in [5.41, 5.74) is 1.21. The Kier molecular flexibility index (Phi) is 5.27. The molecule has 0 aromatic heterocycles. The van der Waals surface area contributed by atoms with E-state index in [0.717, 1.165) is 17.3 Å². The zero-order chi connectivity index (χ0) is 12.0. The van der Waals surface area contributed by atoms with Crippen molar-refractivity contribution in [3.05, 3.63) is 35.9 Å². The number of nitriles is 1. The topological polar surface area (TPSA) is 23.8 Å². The summed E-state index contributed by atoms with van der Waals surface area (Å²) in [7, 11) is 0. The Morgan fingerprint density at radius 3 is 2.44 bits per heavy atom. The number of hydrogen-bond acceptors (Lipinski definition) is 1. The first-order valence-corrected chi connectivity index (χ1v) is 7.16. The summed E-state index contributed by atoms with van der Waals surface area (Å²) in [5.74, 6) is 0.102. The Morgan fingerprint density at radius 1 is 1.31 bits per heavy atom. The van der Waals surface area contributed by atoms with Crippen LogP contribution in [0.1, 0.15) is 32.3 Å². The lowest BCUT2D eigenvalue weighted by molar-refractivity contribution is 0.368. The maximum Gasteiger partial charge on any atom is 0.0664 e. The van der Waals surface area contributed by atoms with E-state index in [-0.39, 0.29) is 11.3 Å². The molecule has 0 radical (unpaired) electrons. The lowest BCUT2D eigenvalue weighted by atomic mass is 9.72. The maximum atomic E-state index is 9.30. The van der Waals surface area contributed by atoms with Crippen molar-refractivity contribution in [3.63, 3.8) is 0 Å². The van der Waals surface area contributed by atoms with E-state index in [1.165, 1.54) is 5.56 Å². The van der Waals surface area contributed by atoms with Gasteiger partial charge in [0.15, 0.2) is 0 Å². The molecule has 0 fully saturated rings. The third-order valence-electron chi connectivity index (χ3n) is 3.17. The number of benzene rings is 1. The van der Waals surface area contributed by atoms with E-state index in [0.29, 0.717) is 0 Å². The molecule has 1 nitrogen and oxygen atoms in total. The van der Waals surface area contributed by atoms with Crippen molar-refractivity contribution in [1.29, 1.82) is 5.26 Å². The van der Waals surface area contributed by atoms with Crippen molar-refractivity contribution in [1.82, 2.24) is 0 Å². The molecule has 1 aromatic carbocycles. The van der Waals surface area contributed by atoms with E-state index in [9.17, 15) is 5.26 Å². The molecule has 0 spiro atoms. The van der Waals surface area contributed by atoms with Crippen molar-refractivity contribution in [2.75, 3.05) is 4.43 Å². The van der Waals surface area contributed by atoms with Gasteiger partial charge in [0.2, 0.25) is 0 Å². The summed E-state index contributed by atoms with van der Waals surface area (Å²) < 4.78 is 1.13. The molecule has 2 heteroatoms. The van der Waals surface area contributed by atoms with E-state index < -0.39 is 0 Å². The van der Waals surface area contributed by atoms with E-state index in [1.54, 1.807) is 0 Å². The van der Waals surface area contributed by atoms with E-state index in [4.69, 9.17) is 0 Å². The molecule has 1 unspecified atom stereocenters. The summed E-state index contributed by atoms with van der Waals surface area (Å²) in [4.78, 5) is 0. The van der Waals surface area contributed by atoms with Gasteiger partial charge in [0.05, 0.1) is 12.0 Å². The van der Waals surface area contributed by atoms with Crippen LogP contribution in [0.5, 0.6) is 0 Å². The standard InChI is InChI=1S/C14H18IN/c1-14(2,12-7-4-3-5-8-12)13(11-16)9-6-10-15/h3-5,7-8,13H,6,9-10H2,1-2H3. The molecule has 0 aliphatic rings. The second-order valence-corrected chi connectivity index (χ2v) is 5.68. The van der Waals surface area contributed by atoms with Crippen molar-refractivity contribution >= 4 is 22.6 Å². The number of nitrogens with zero attached hydrogens (tertiary/aromatic N) is 1. The zero-order valence-electron chi connectivity index (χ0n) is 9.91. The Balaban J connectivity index is 2.87. The fourth-order valence-electron chi connectivity index (χ4n) is 1.94. The fraction of sp³-hybridized carbons (Fsp3) is 0.500. The molecule has 1 atom stereocenters. The van der Waals surface area contributed by atoms with Crippen molar-refractivity contribution < 1.29 is 0 Å². The van der Waals surface area contributed by atoms with Crippen molar-refractivity contribution in [2.24, 2.45) is 5.92 Å². The van der Waals surface area contributed by atoms with Gasteiger partial charge in [-0.15, -0.1) is 0 Å². The average Bonchev–Trinajstić information content (AvgIpc) is 2.31. The third kappa shape index (κ3) is 3.21. The first-order chi connectivity index (χ1) is 7.62. The van der Waals surface area contributed by atoms with Crippen LogP contribution in [0.4, 0.5) is 0 Å². The van der Waals surface area contributed by atoms with Gasteiger partial charge in [-0.1, -0.05) is 66.8 Å². The Hall–Kier alpha value is -0.560. The first-order valence-electron chi connectivity index (χ1n) is 5.64. The summed E-state index contributed by atoms with van der Waals surface area (Å²) >= 11 is 2.37. The van der Waals surface area contributed by atoms with Crippen LogP contribution in [0, 0.1) is 17.2 Å². The lowest BCUT2D eigenvalue weighted by Crippen LogP contribution is -2.27. The second kappa shape index (κ2) is 6.24. The molecule has 1 rings (SSSR count). The minimum atomic E-state index is -0.0537. The summed E-state index contributed by atoms with van der Waals surface area (Å²) in [6.07, 6.45) is 2.11. The highest BCUT2D eigenvalue weighted by Gasteiger charge is 2.30. The molecule has 0 bridgehead atoms. The van der Waals surface area contributed by atoms with Gasteiger partial charge >= 0.3 is 0 Å². The summed E-state index contributed by atoms with van der Waals surface area (Å²) in [5, 5.41) is 9.30. The normalized spacial score (nSPS) is 13.1. The molecule has 0 N–H and O–H groups in total. The Labute approximate surface area is 112 Å². The highest BCUT2D eigenvalue weighted by molar-refractivity contribution is 14.1. The van der Waals surface area contributed by atoms with Crippen molar-refractivity contribution in [3.8, 4) is 6.07 Å². The summed E-state index contributed by atoms with van der Waals surface area (Å²) in [6, 6.07) is 12.8. The largest absolute Gasteiger partial charge is 0.198 e. The van der Waals surface area contributed by atoms with Crippen LogP contribution >= 0.6 is 22.6 Å². The van der Waals surface area contributed by atoms with Gasteiger partial charge in [-0.2, -0.15) is 5.26 Å². The molecule has 0 saturated heterocycles. The molecule has 0 saturated carbocycles. The average molecular weight is 327 g/mol. The fourth-order valence-corrected chi connectivity index (χ4v) is 2.38. The van der Waals surface area contributed by atoms with Gasteiger partial charge in [0.1, 0.15) is 0 Å². The zero-order valence-corrected chi connectivity index (χ0v) is 12.1. The quantitative estimate of drug-likeness (QED) is 0.584. The molecule has 0 aliphatic carbocycles. The van der Waals surface area contributed by atoms with Crippen LogP contribution in [-0.4, -0.2) is 4.43 Å². The monoisotopic (exact) mass is 327 g/mol. The van der Waals surface area contributed by atoms with Gasteiger partial charge in [-0.25, -0.2) is 0 Å². The molecular weight excluding hydrogens is 309 g/mol. The molecule has 1 aromatic rings. The summed E-state index contributed by atoms with van der Waals surface area (Å²) in [6.45, 7) is 4.34. The van der Waals surface area contributed by atoms with E-state index in [2.05, 4.69) is 54.6 Å². The van der Waals surface area contributed by atoms with Gasteiger partial charge in [0, 0.05) is 5.41 Å². The predicted molar refractivity (Wildman–Crippen MR) is 76.7 cm³/mol. The number of halogens is 1. The van der Waals surface area contributed by atoms with Crippen LogP contribution < -0.4 is 0 Å². The molecule has 16 heavy (non-hydrogen) atoms. The first kappa shape index (κ1) is 13.5. The number of alkyl halides is 1. The van der Waals surface area contributed by atoms with E-state index in [1.807, 2.05) is 18.2 Å². The van der Waals surface area contributed by atoms with Crippen LogP contribution in [-0.2, 0) is 5.41 Å². The molecular formula is C14H18IN. The van der Waals surface area contributed by atoms with Crippen LogP contribution in [0.15, 0.2) is 30.3 Å². The van der Waals surface area contributed by atoms with Crippen molar-refractivity contribution in [2.45, 2.75) is 32.1 Å². The number of rotatable bonds is 5. The van der Waals surface area contributed by atoms with Crippen LogP contribution in [0.2, 0.25) is 0 Å². The van der Waals surface area contributed by atoms with E-state index >= 15 is 0 Å². The van der Waals surface area contributed by atoms with Crippen LogP contribution in [0.3, 0.4) is 0 Å². The Morgan fingerprint density at radius 2 is 1.94 bits per heavy atom. The molecule has 86 valence electrons. The smallest absolute Gasteiger partial charge is 0.0664 e. The minimum absolute atomic E-state index is 0.0537. The molecule has 0 heterocycles. The maximum absolute atomic E-state index is 9.30. The highest BCUT2D eigenvalue weighted by atomic mass is 127. The third-order valence-corrected chi connectivity index (χ3v) is 3.93.